The third kappa shape index (κ3) is 4.36. The zero-order valence-corrected chi connectivity index (χ0v) is 21.5. The van der Waals surface area contributed by atoms with Gasteiger partial charge in [0, 0.05) is 22.3 Å². The molecule has 0 radical (unpaired) electrons. The molecule has 0 N–H and O–H groups in total. The largest absolute Gasteiger partial charge is 0.360 e. The second-order valence-corrected chi connectivity index (χ2v) is 10.9. The topological polar surface area (TPSA) is 40.6 Å². The Morgan fingerprint density at radius 2 is 1.82 bits per heavy atom. The van der Waals surface area contributed by atoms with Gasteiger partial charge in [0.15, 0.2) is 0 Å². The Kier molecular flexibility index (Phi) is 6.23. The molecule has 0 unspecified atom stereocenters. The van der Waals surface area contributed by atoms with E-state index >= 15 is 0 Å². The van der Waals surface area contributed by atoms with E-state index in [4.69, 9.17) is 11.6 Å². The fourth-order valence-corrected chi connectivity index (χ4v) is 5.91. The van der Waals surface area contributed by atoms with E-state index in [0.717, 1.165) is 34.0 Å². The first kappa shape index (κ1) is 23.7. The first-order chi connectivity index (χ1) is 15.5. The number of benzene rings is 2. The first-order valence-corrected chi connectivity index (χ1v) is 12.3. The third-order valence-corrected chi connectivity index (χ3v) is 7.50. The number of halogens is 1. The number of carbonyl (C=O) groups is 2. The zero-order valence-electron chi connectivity index (χ0n) is 19.9. The normalized spacial score (nSPS) is 18.9. The molecule has 0 saturated carbocycles. The van der Waals surface area contributed by atoms with Gasteiger partial charge >= 0.3 is 0 Å². The van der Waals surface area contributed by atoms with Gasteiger partial charge in [-0.3, -0.25) is 14.5 Å². The van der Waals surface area contributed by atoms with Crippen LogP contribution in [-0.2, 0) is 11.3 Å². The minimum Gasteiger partial charge on any atom is -0.360 e. The van der Waals surface area contributed by atoms with Gasteiger partial charge in [0.2, 0.25) is 0 Å². The van der Waals surface area contributed by atoms with E-state index in [2.05, 4.69) is 64.7 Å². The minimum absolute atomic E-state index is 0.0828. The van der Waals surface area contributed by atoms with Crippen molar-refractivity contribution in [1.29, 1.82) is 0 Å². The third-order valence-electron chi connectivity index (χ3n) is 6.22. The molecule has 6 heteroatoms. The molecule has 0 atom stereocenters. The Balaban J connectivity index is 1.69. The van der Waals surface area contributed by atoms with Crippen molar-refractivity contribution < 1.29 is 9.59 Å². The maximum atomic E-state index is 13.1. The molecule has 2 amide bonds. The minimum atomic E-state index is -0.278. The van der Waals surface area contributed by atoms with E-state index in [1.807, 2.05) is 24.3 Å². The molecule has 4 nitrogen and oxygen atoms in total. The molecule has 2 aromatic rings. The number of nitrogens with zero attached hydrogens (tertiary/aromatic N) is 2. The Hall–Kier alpha value is -2.50. The van der Waals surface area contributed by atoms with Crippen LogP contribution in [0.5, 0.6) is 0 Å². The lowest BCUT2D eigenvalue weighted by atomic mass is 9.86. The summed E-state index contributed by atoms with van der Waals surface area (Å²) in [5.41, 5.74) is 6.28. The average molecular weight is 481 g/mol. The number of thioether (sulfide) groups is 1. The highest BCUT2D eigenvalue weighted by atomic mass is 35.5. The molecule has 0 aliphatic carbocycles. The number of imide groups is 1. The van der Waals surface area contributed by atoms with Gasteiger partial charge in [0.25, 0.3) is 11.1 Å². The Morgan fingerprint density at radius 1 is 1.12 bits per heavy atom. The summed E-state index contributed by atoms with van der Waals surface area (Å²) in [7, 11) is 0. The van der Waals surface area contributed by atoms with Crippen molar-refractivity contribution >= 4 is 51.8 Å². The second kappa shape index (κ2) is 8.69. The smallest absolute Gasteiger partial charge is 0.293 e. The van der Waals surface area contributed by atoms with E-state index in [9.17, 15) is 9.59 Å². The van der Waals surface area contributed by atoms with Gasteiger partial charge in [0.05, 0.1) is 17.0 Å². The quantitative estimate of drug-likeness (QED) is 0.430. The molecule has 2 aromatic carbocycles. The van der Waals surface area contributed by atoms with Crippen LogP contribution in [0.15, 0.2) is 47.4 Å². The van der Waals surface area contributed by atoms with E-state index in [1.54, 1.807) is 6.07 Å². The molecule has 33 heavy (non-hydrogen) atoms. The fourth-order valence-electron chi connectivity index (χ4n) is 4.89. The monoisotopic (exact) mass is 480 g/mol. The number of hydrogen-bond donors (Lipinski definition) is 0. The van der Waals surface area contributed by atoms with E-state index in [1.165, 1.54) is 16.2 Å². The van der Waals surface area contributed by atoms with Crippen molar-refractivity contribution in [3.05, 3.63) is 74.7 Å². The average Bonchev–Trinajstić information content (AvgIpc) is 2.97. The van der Waals surface area contributed by atoms with Crippen LogP contribution in [0, 0.1) is 6.92 Å². The lowest BCUT2D eigenvalue weighted by Gasteiger charge is -2.46. The van der Waals surface area contributed by atoms with Gasteiger partial charge in [-0.05, 0) is 99.8 Å². The molecule has 2 aliphatic heterocycles. The van der Waals surface area contributed by atoms with Crippen molar-refractivity contribution in [3.8, 4) is 0 Å². The second-order valence-electron chi connectivity index (χ2n) is 9.53. The predicted octanol–water partition coefficient (Wildman–Crippen LogP) is 7.30. The van der Waals surface area contributed by atoms with Crippen LogP contribution >= 0.6 is 23.4 Å². The van der Waals surface area contributed by atoms with Crippen molar-refractivity contribution in [2.45, 2.75) is 59.7 Å². The maximum absolute atomic E-state index is 13.1. The van der Waals surface area contributed by atoms with E-state index in [0.29, 0.717) is 16.0 Å². The van der Waals surface area contributed by atoms with Crippen LogP contribution in [0.1, 0.15) is 56.9 Å². The summed E-state index contributed by atoms with van der Waals surface area (Å²) in [5.74, 6) is -0.278. The van der Waals surface area contributed by atoms with Gasteiger partial charge in [-0.2, -0.15) is 0 Å². The number of allylic oxidation sites excluding steroid dienone is 1. The predicted molar refractivity (Wildman–Crippen MR) is 139 cm³/mol. The zero-order chi connectivity index (χ0) is 24.1. The fraction of sp³-hybridized carbons (Fsp3) is 0.333. The number of carbonyl (C=O) groups excluding carboxylic acids is 2. The maximum Gasteiger partial charge on any atom is 0.293 e. The van der Waals surface area contributed by atoms with Crippen molar-refractivity contribution in [1.82, 2.24) is 4.90 Å². The molecule has 0 spiro atoms. The van der Waals surface area contributed by atoms with Gasteiger partial charge in [-0.25, -0.2) is 0 Å². The SMILES string of the molecule is CC1=CC(C)(C)N(C(C)C)c2cc(C)c(/C=C3\SC(=O)N(Cc4ccccc4Cl)C3=O)cc21. The number of hydrogen-bond acceptors (Lipinski definition) is 4. The summed E-state index contributed by atoms with van der Waals surface area (Å²) in [5, 5.41) is 0.275. The van der Waals surface area contributed by atoms with Crippen molar-refractivity contribution in [2.75, 3.05) is 4.90 Å². The highest BCUT2D eigenvalue weighted by Crippen LogP contribution is 2.42. The number of rotatable bonds is 4. The molecule has 172 valence electrons. The molecule has 1 fully saturated rings. The van der Waals surface area contributed by atoms with Crippen LogP contribution in [0.25, 0.3) is 11.6 Å². The number of amides is 2. The standard InChI is InChI=1S/C27H29ClN2O2S/c1-16(2)30-23-11-17(3)20(12-21(23)18(4)14-27(30,5)6)13-24-25(31)29(26(32)33-24)15-19-9-7-8-10-22(19)28/h7-14,16H,15H2,1-6H3/b24-13-. The number of aryl methyl sites for hydroxylation is 1. The van der Waals surface area contributed by atoms with E-state index < -0.39 is 0 Å². The Bertz CT molecular complexity index is 1210. The molecular formula is C27H29ClN2O2S. The molecule has 0 aromatic heterocycles. The highest BCUT2D eigenvalue weighted by Gasteiger charge is 2.36. The molecule has 1 saturated heterocycles. The van der Waals surface area contributed by atoms with Crippen LogP contribution in [0.3, 0.4) is 0 Å². The van der Waals surface area contributed by atoms with Crippen molar-refractivity contribution in [3.63, 3.8) is 0 Å². The molecular weight excluding hydrogens is 452 g/mol. The lowest BCUT2D eigenvalue weighted by Crippen LogP contribution is -2.49. The summed E-state index contributed by atoms with van der Waals surface area (Å²) in [4.78, 5) is 29.8. The Labute approximate surface area is 205 Å². The summed E-state index contributed by atoms with van der Waals surface area (Å²) in [6.45, 7) is 13.2. The lowest BCUT2D eigenvalue weighted by molar-refractivity contribution is -0.123. The molecule has 2 aliphatic rings. The summed E-state index contributed by atoms with van der Waals surface area (Å²) in [6, 6.07) is 12.0. The van der Waals surface area contributed by atoms with Gasteiger partial charge in [0.1, 0.15) is 0 Å². The van der Waals surface area contributed by atoms with Gasteiger partial charge in [-0.1, -0.05) is 35.9 Å². The number of anilines is 1. The van der Waals surface area contributed by atoms with Crippen LogP contribution in [0.2, 0.25) is 5.02 Å². The number of fused-ring (bicyclic) bond motifs is 1. The first-order valence-electron chi connectivity index (χ1n) is 11.1. The van der Waals surface area contributed by atoms with Crippen LogP contribution < -0.4 is 4.90 Å². The molecule has 4 rings (SSSR count). The summed E-state index contributed by atoms with van der Waals surface area (Å²) < 4.78 is 0. The Morgan fingerprint density at radius 3 is 2.48 bits per heavy atom. The van der Waals surface area contributed by atoms with E-state index in [-0.39, 0.29) is 23.2 Å². The van der Waals surface area contributed by atoms with Crippen LogP contribution in [0.4, 0.5) is 10.5 Å². The van der Waals surface area contributed by atoms with Gasteiger partial charge < -0.3 is 4.90 Å². The van der Waals surface area contributed by atoms with Crippen LogP contribution in [-0.4, -0.2) is 27.6 Å². The van der Waals surface area contributed by atoms with Crippen molar-refractivity contribution in [2.24, 2.45) is 0 Å². The van der Waals surface area contributed by atoms with Gasteiger partial charge in [-0.15, -0.1) is 0 Å². The molecule has 2 heterocycles. The molecule has 0 bridgehead atoms. The summed E-state index contributed by atoms with van der Waals surface area (Å²) in [6.07, 6.45) is 4.14. The highest BCUT2D eigenvalue weighted by molar-refractivity contribution is 8.18. The summed E-state index contributed by atoms with van der Waals surface area (Å²) >= 11 is 7.22.